The van der Waals surface area contributed by atoms with E-state index in [1.165, 1.54) is 22.5 Å². The van der Waals surface area contributed by atoms with Crippen LogP contribution < -0.4 is 0 Å². The van der Waals surface area contributed by atoms with E-state index < -0.39 is 18.9 Å². The van der Waals surface area contributed by atoms with E-state index in [1.54, 1.807) is 6.56 Å². The Labute approximate surface area is 145 Å². The van der Waals surface area contributed by atoms with Gasteiger partial charge in [0.25, 0.3) is 0 Å². The number of hydrogen-bond donors (Lipinski definition) is 0. The Morgan fingerprint density at radius 1 is 0.857 bits per heavy atom. The van der Waals surface area contributed by atoms with Gasteiger partial charge in [0.2, 0.25) is 0 Å². The normalized spacial score (nSPS) is 16.0. The first-order valence-corrected chi connectivity index (χ1v) is 17.0. The average molecular weight is 416 g/mol. The molecule has 0 bridgehead atoms. The van der Waals surface area contributed by atoms with Crippen molar-refractivity contribution in [2.45, 2.75) is 17.0 Å². The summed E-state index contributed by atoms with van der Waals surface area (Å²) < 4.78 is 4.85. The average Bonchev–Trinajstić information content (AvgIpc) is 3.14. The zero-order chi connectivity index (χ0) is 13.1. The summed E-state index contributed by atoms with van der Waals surface area (Å²) in [6.45, 7) is 2.36. The van der Waals surface area contributed by atoms with Gasteiger partial charge < -0.3 is 0 Å². The Bertz CT molecular complexity index is 608. The van der Waals surface area contributed by atoms with Crippen LogP contribution in [0.25, 0.3) is 0 Å². The van der Waals surface area contributed by atoms with Crippen molar-refractivity contribution in [1.29, 1.82) is 0 Å². The first-order valence-electron chi connectivity index (χ1n) is 6.91. The second kappa shape index (κ2) is 8.48. The van der Waals surface area contributed by atoms with Crippen LogP contribution in [0, 0.1) is 0 Å². The van der Waals surface area contributed by atoms with Crippen molar-refractivity contribution in [3.63, 3.8) is 0 Å². The molecule has 111 valence electrons. The topological polar surface area (TPSA) is 0 Å². The zero-order valence-corrected chi connectivity index (χ0v) is 17.5. The SMILES string of the molecule is Cl.Cl.[SiH2]=[Zr]([CH2]c1ccccc1)([C]1=CC=CC1)[C]1=CC=CC1. The molecule has 3 rings (SSSR count). The molecule has 2 aliphatic carbocycles. The molecule has 4 heteroatoms. The summed E-state index contributed by atoms with van der Waals surface area (Å²) in [6.07, 6.45) is 16.4. The predicted octanol–water partition coefficient (Wildman–Crippen LogP) is 4.42. The van der Waals surface area contributed by atoms with Crippen LogP contribution >= 0.6 is 24.8 Å². The number of halogens is 2. The van der Waals surface area contributed by atoms with Crippen LogP contribution in [0.2, 0.25) is 0 Å². The van der Waals surface area contributed by atoms with Gasteiger partial charge in [-0.25, -0.2) is 0 Å². The molecule has 0 nitrogen and oxygen atoms in total. The van der Waals surface area contributed by atoms with Crippen LogP contribution in [-0.4, -0.2) is 6.88 Å². The predicted molar refractivity (Wildman–Crippen MR) is 96.9 cm³/mol. The molecule has 1 aromatic rings. The van der Waals surface area contributed by atoms with Crippen molar-refractivity contribution < 1.29 is 18.9 Å². The molecule has 0 aliphatic heterocycles. The van der Waals surface area contributed by atoms with Crippen molar-refractivity contribution >= 4 is 31.7 Å². The van der Waals surface area contributed by atoms with Gasteiger partial charge in [-0.2, -0.15) is 0 Å². The van der Waals surface area contributed by atoms with Gasteiger partial charge >= 0.3 is 122 Å². The number of allylic oxidation sites excluding steroid dienone is 8. The van der Waals surface area contributed by atoms with E-state index in [1.807, 2.05) is 0 Å². The molecular weight excluding hydrogens is 394 g/mol. The maximum absolute atomic E-state index is 2.41. The minimum absolute atomic E-state index is 0. The summed E-state index contributed by atoms with van der Waals surface area (Å²) in [5.41, 5.74) is 1.52. The van der Waals surface area contributed by atoms with E-state index in [0.29, 0.717) is 0 Å². The van der Waals surface area contributed by atoms with Crippen molar-refractivity contribution in [2.75, 3.05) is 0 Å². The van der Waals surface area contributed by atoms with Gasteiger partial charge in [-0.15, -0.1) is 24.8 Å². The maximum atomic E-state index is 2.41. The summed E-state index contributed by atoms with van der Waals surface area (Å²) in [5.74, 6) is 0. The van der Waals surface area contributed by atoms with E-state index in [2.05, 4.69) is 73.7 Å². The standard InChI is InChI=1S/C7H7.2C5H5.2ClH.H2Si.Zr/c1-7-5-3-2-4-6-7;2*1-2-4-5-3-1;;;;/h2-6H,1H2;2*1-3H,4H2;2*1H;1H2;. The monoisotopic (exact) mass is 413 g/mol. The minimum atomic E-state index is -2.36. The van der Waals surface area contributed by atoms with Crippen molar-refractivity contribution in [3.8, 4) is 0 Å². The second-order valence-electron chi connectivity index (χ2n) is 5.39. The first kappa shape index (κ1) is 18.9. The van der Waals surface area contributed by atoms with Gasteiger partial charge in [0.05, 0.1) is 0 Å². The van der Waals surface area contributed by atoms with Crippen molar-refractivity contribution in [3.05, 3.63) is 78.9 Å². The molecule has 0 N–H and O–H groups in total. The molecule has 0 radical (unpaired) electrons. The molecular formula is C17H21Cl2SiZr. The van der Waals surface area contributed by atoms with Gasteiger partial charge in [0, 0.05) is 0 Å². The molecule has 0 saturated carbocycles. The zero-order valence-electron chi connectivity index (χ0n) is 12.0. The van der Waals surface area contributed by atoms with E-state index in [-0.39, 0.29) is 24.8 Å². The van der Waals surface area contributed by atoms with Crippen LogP contribution in [0.1, 0.15) is 18.4 Å². The van der Waals surface area contributed by atoms with Crippen LogP contribution in [0.4, 0.5) is 0 Å². The molecule has 1 aromatic carbocycles. The van der Waals surface area contributed by atoms with Crippen LogP contribution in [-0.2, 0) is 23.0 Å². The van der Waals surface area contributed by atoms with Gasteiger partial charge in [-0.3, -0.25) is 0 Å². The van der Waals surface area contributed by atoms with E-state index >= 15 is 0 Å². The Balaban J connectivity index is 0.00000110. The molecule has 0 amide bonds. The molecule has 0 fully saturated rings. The summed E-state index contributed by atoms with van der Waals surface area (Å²) in [5, 5.41) is 0. The number of benzene rings is 1. The fraction of sp³-hybridized carbons (Fsp3) is 0.176. The van der Waals surface area contributed by atoms with Crippen LogP contribution in [0.5, 0.6) is 0 Å². The Kier molecular flexibility index (Phi) is 7.64. The molecule has 0 saturated heterocycles. The van der Waals surface area contributed by atoms with Crippen LogP contribution in [0.3, 0.4) is 0 Å². The third-order valence-corrected chi connectivity index (χ3v) is 21.3. The first-order chi connectivity index (χ1) is 9.29. The Hall–Kier alpha value is -0.140. The third kappa shape index (κ3) is 4.20. The quantitative estimate of drug-likeness (QED) is 0.639. The number of rotatable bonds is 4. The van der Waals surface area contributed by atoms with Crippen LogP contribution in [0.15, 0.2) is 73.3 Å². The molecule has 0 spiro atoms. The Morgan fingerprint density at radius 3 is 1.81 bits per heavy atom. The molecule has 21 heavy (non-hydrogen) atoms. The molecule has 0 atom stereocenters. The number of hydrogen-bond acceptors (Lipinski definition) is 0. The fourth-order valence-corrected chi connectivity index (χ4v) is 16.8. The van der Waals surface area contributed by atoms with Crippen molar-refractivity contribution in [1.82, 2.24) is 0 Å². The van der Waals surface area contributed by atoms with Gasteiger partial charge in [-0.1, -0.05) is 0 Å². The molecule has 2 aliphatic rings. The third-order valence-electron chi connectivity index (χ3n) is 4.12. The van der Waals surface area contributed by atoms with E-state index in [0.717, 1.165) is 0 Å². The molecule has 0 aromatic heterocycles. The summed E-state index contributed by atoms with van der Waals surface area (Å²) in [6, 6.07) is 11.1. The van der Waals surface area contributed by atoms with Gasteiger partial charge in [0.1, 0.15) is 0 Å². The Morgan fingerprint density at radius 2 is 1.38 bits per heavy atom. The second-order valence-corrected chi connectivity index (χ2v) is 21.9. The summed E-state index contributed by atoms with van der Waals surface area (Å²) in [4.78, 5) is 0. The fourth-order valence-electron chi connectivity index (χ4n) is 2.98. The molecule has 0 unspecified atom stereocenters. The molecule has 0 heterocycles. The van der Waals surface area contributed by atoms with Gasteiger partial charge in [-0.05, 0) is 0 Å². The summed E-state index contributed by atoms with van der Waals surface area (Å²) >= 11 is -2.36. The van der Waals surface area contributed by atoms with Crippen molar-refractivity contribution in [2.24, 2.45) is 0 Å². The van der Waals surface area contributed by atoms with E-state index in [4.69, 9.17) is 0 Å². The summed E-state index contributed by atoms with van der Waals surface area (Å²) in [7, 11) is 0. The van der Waals surface area contributed by atoms with Gasteiger partial charge in [0.15, 0.2) is 0 Å². The van der Waals surface area contributed by atoms with E-state index in [9.17, 15) is 0 Å².